The van der Waals surface area contributed by atoms with E-state index in [0.29, 0.717) is 33.5 Å². The van der Waals surface area contributed by atoms with Gasteiger partial charge < -0.3 is 0 Å². The van der Waals surface area contributed by atoms with Crippen molar-refractivity contribution >= 4 is 28.5 Å². The quantitative estimate of drug-likeness (QED) is 0.469. The standard InChI is InChI=1S/C24H20N4O2/c1-13-6-5-7-17(10-13)27-23(29)19-12-25-22-20(21(19)24(27)30)16(4)26-28(22)18-9-8-14(2)15(3)11-18/h5-12H,1-4H3. The minimum atomic E-state index is -0.353. The second-order valence-corrected chi connectivity index (χ2v) is 7.80. The van der Waals surface area contributed by atoms with Crippen molar-refractivity contribution in [1.82, 2.24) is 14.8 Å². The van der Waals surface area contributed by atoms with Crippen LogP contribution in [-0.4, -0.2) is 26.6 Å². The smallest absolute Gasteiger partial charge is 0.267 e. The van der Waals surface area contributed by atoms with Crippen molar-refractivity contribution < 1.29 is 9.59 Å². The van der Waals surface area contributed by atoms with E-state index >= 15 is 0 Å². The lowest BCUT2D eigenvalue weighted by Gasteiger charge is -2.14. The predicted molar refractivity (Wildman–Crippen MR) is 115 cm³/mol. The summed E-state index contributed by atoms with van der Waals surface area (Å²) in [6, 6.07) is 13.4. The lowest BCUT2D eigenvalue weighted by Crippen LogP contribution is -2.29. The van der Waals surface area contributed by atoms with E-state index in [4.69, 9.17) is 0 Å². The Kier molecular flexibility index (Phi) is 3.86. The van der Waals surface area contributed by atoms with Crippen LogP contribution in [-0.2, 0) is 0 Å². The monoisotopic (exact) mass is 396 g/mol. The number of benzene rings is 2. The number of fused-ring (bicyclic) bond motifs is 3. The van der Waals surface area contributed by atoms with Gasteiger partial charge in [-0.1, -0.05) is 18.2 Å². The number of hydrogen-bond acceptors (Lipinski definition) is 4. The molecule has 0 unspecified atom stereocenters. The van der Waals surface area contributed by atoms with Gasteiger partial charge in [0.2, 0.25) is 0 Å². The molecule has 0 spiro atoms. The molecule has 0 atom stereocenters. The Labute approximate surface area is 173 Å². The van der Waals surface area contributed by atoms with Crippen LogP contribution in [0.3, 0.4) is 0 Å². The molecule has 4 aromatic rings. The van der Waals surface area contributed by atoms with E-state index in [2.05, 4.69) is 17.0 Å². The summed E-state index contributed by atoms with van der Waals surface area (Å²) in [7, 11) is 0. The number of carbonyl (C=O) groups is 2. The molecule has 148 valence electrons. The number of carbonyl (C=O) groups excluding carboxylic acids is 2. The highest BCUT2D eigenvalue weighted by Gasteiger charge is 2.40. The van der Waals surface area contributed by atoms with Gasteiger partial charge in [0.15, 0.2) is 5.65 Å². The van der Waals surface area contributed by atoms with Gasteiger partial charge in [-0.15, -0.1) is 0 Å². The van der Waals surface area contributed by atoms with Gasteiger partial charge in [0, 0.05) is 6.20 Å². The van der Waals surface area contributed by atoms with Crippen molar-refractivity contribution in [3.05, 3.63) is 82.2 Å². The molecule has 2 aromatic carbocycles. The summed E-state index contributed by atoms with van der Waals surface area (Å²) in [4.78, 5) is 32.2. The largest absolute Gasteiger partial charge is 0.268 e. The number of rotatable bonds is 2. The topological polar surface area (TPSA) is 68.1 Å². The van der Waals surface area contributed by atoms with Crippen molar-refractivity contribution in [3.63, 3.8) is 0 Å². The molecule has 3 heterocycles. The van der Waals surface area contributed by atoms with Gasteiger partial charge in [-0.05, 0) is 68.7 Å². The van der Waals surface area contributed by atoms with Crippen LogP contribution in [0.4, 0.5) is 5.69 Å². The summed E-state index contributed by atoms with van der Waals surface area (Å²) in [6.45, 7) is 7.87. The van der Waals surface area contributed by atoms with Gasteiger partial charge in [-0.25, -0.2) is 14.6 Å². The second kappa shape index (κ2) is 6.35. The van der Waals surface area contributed by atoms with Crippen LogP contribution < -0.4 is 4.90 Å². The molecule has 5 rings (SSSR count). The van der Waals surface area contributed by atoms with Crippen molar-refractivity contribution in [2.24, 2.45) is 0 Å². The summed E-state index contributed by atoms with van der Waals surface area (Å²) in [6.07, 6.45) is 1.49. The average molecular weight is 396 g/mol. The van der Waals surface area contributed by atoms with E-state index in [9.17, 15) is 9.59 Å². The number of pyridine rings is 1. The number of amides is 2. The van der Waals surface area contributed by atoms with Gasteiger partial charge in [-0.3, -0.25) is 9.59 Å². The first kappa shape index (κ1) is 18.2. The molecule has 6 nitrogen and oxygen atoms in total. The highest BCUT2D eigenvalue weighted by Crippen LogP contribution is 2.34. The molecular weight excluding hydrogens is 376 g/mol. The van der Waals surface area contributed by atoms with Crippen LogP contribution in [0.2, 0.25) is 0 Å². The van der Waals surface area contributed by atoms with E-state index in [1.165, 1.54) is 16.7 Å². The zero-order valence-corrected chi connectivity index (χ0v) is 17.2. The fourth-order valence-electron chi connectivity index (χ4n) is 4.00. The van der Waals surface area contributed by atoms with Gasteiger partial charge in [0.1, 0.15) is 0 Å². The Morgan fingerprint density at radius 2 is 1.63 bits per heavy atom. The number of hydrogen-bond donors (Lipinski definition) is 0. The van der Waals surface area contributed by atoms with Crippen LogP contribution in [0, 0.1) is 27.7 Å². The minimum absolute atomic E-state index is 0.316. The molecule has 6 heteroatoms. The first-order valence-electron chi connectivity index (χ1n) is 9.78. The number of nitrogens with zero attached hydrogens (tertiary/aromatic N) is 4. The van der Waals surface area contributed by atoms with E-state index in [1.807, 2.05) is 57.2 Å². The summed E-state index contributed by atoms with van der Waals surface area (Å²) in [5, 5.41) is 5.28. The molecule has 0 saturated heterocycles. The Bertz CT molecular complexity index is 1380. The minimum Gasteiger partial charge on any atom is -0.268 e. The molecular formula is C24H20N4O2. The van der Waals surface area contributed by atoms with Crippen LogP contribution in [0.15, 0.2) is 48.7 Å². The first-order valence-corrected chi connectivity index (χ1v) is 9.78. The fourth-order valence-corrected chi connectivity index (χ4v) is 4.00. The SMILES string of the molecule is Cc1cccc(N2C(=O)c3cnc4c(c(C)nn4-c4ccc(C)c(C)c4)c3C2=O)c1. The Morgan fingerprint density at radius 3 is 2.37 bits per heavy atom. The highest BCUT2D eigenvalue weighted by atomic mass is 16.2. The van der Waals surface area contributed by atoms with Crippen molar-refractivity contribution in [3.8, 4) is 5.69 Å². The second-order valence-electron chi connectivity index (χ2n) is 7.80. The summed E-state index contributed by atoms with van der Waals surface area (Å²) in [5.74, 6) is -0.691. The fraction of sp³-hybridized carbons (Fsp3) is 0.167. The molecule has 30 heavy (non-hydrogen) atoms. The summed E-state index contributed by atoms with van der Waals surface area (Å²) < 4.78 is 1.74. The van der Waals surface area contributed by atoms with Gasteiger partial charge in [0.25, 0.3) is 11.8 Å². The predicted octanol–water partition coefficient (Wildman–Crippen LogP) is 4.45. The van der Waals surface area contributed by atoms with Gasteiger partial charge in [-0.2, -0.15) is 5.10 Å². The van der Waals surface area contributed by atoms with Gasteiger partial charge in [0.05, 0.1) is 33.6 Å². The molecule has 0 fully saturated rings. The lowest BCUT2D eigenvalue weighted by atomic mass is 10.1. The maximum absolute atomic E-state index is 13.4. The van der Waals surface area contributed by atoms with E-state index in [-0.39, 0.29) is 11.8 Å². The maximum Gasteiger partial charge on any atom is 0.267 e. The summed E-state index contributed by atoms with van der Waals surface area (Å²) >= 11 is 0. The summed E-state index contributed by atoms with van der Waals surface area (Å²) in [5.41, 5.74) is 6.68. The van der Waals surface area contributed by atoms with Crippen LogP contribution in [0.25, 0.3) is 16.7 Å². The lowest BCUT2D eigenvalue weighted by molar-refractivity contribution is 0.0926. The molecule has 0 aliphatic carbocycles. The average Bonchev–Trinajstić information content (AvgIpc) is 3.18. The van der Waals surface area contributed by atoms with Crippen LogP contribution >= 0.6 is 0 Å². The Balaban J connectivity index is 1.72. The number of aryl methyl sites for hydroxylation is 4. The molecule has 2 amide bonds. The third-order valence-corrected chi connectivity index (χ3v) is 5.72. The highest BCUT2D eigenvalue weighted by molar-refractivity contribution is 6.37. The van der Waals surface area contributed by atoms with Crippen LogP contribution in [0.1, 0.15) is 43.1 Å². The molecule has 0 bridgehead atoms. The van der Waals surface area contributed by atoms with E-state index < -0.39 is 0 Å². The zero-order chi connectivity index (χ0) is 21.2. The maximum atomic E-state index is 13.4. The first-order chi connectivity index (χ1) is 14.4. The van der Waals surface area contributed by atoms with Crippen LogP contribution in [0.5, 0.6) is 0 Å². The van der Waals surface area contributed by atoms with E-state index in [1.54, 1.807) is 10.7 Å². The number of anilines is 1. The van der Waals surface area contributed by atoms with Crippen molar-refractivity contribution in [1.29, 1.82) is 0 Å². The molecule has 0 radical (unpaired) electrons. The molecule has 0 saturated carbocycles. The Morgan fingerprint density at radius 1 is 0.833 bits per heavy atom. The van der Waals surface area contributed by atoms with Crippen molar-refractivity contribution in [2.45, 2.75) is 27.7 Å². The zero-order valence-electron chi connectivity index (χ0n) is 17.2. The normalized spacial score (nSPS) is 13.4. The molecule has 1 aliphatic heterocycles. The number of aromatic nitrogens is 3. The molecule has 1 aliphatic rings. The van der Waals surface area contributed by atoms with Gasteiger partial charge >= 0.3 is 0 Å². The Hall–Kier alpha value is -3.80. The molecule has 2 aromatic heterocycles. The van der Waals surface area contributed by atoms with E-state index in [0.717, 1.165) is 16.8 Å². The molecule has 0 N–H and O–H groups in total. The number of imide groups is 1. The van der Waals surface area contributed by atoms with Crippen molar-refractivity contribution in [2.75, 3.05) is 4.90 Å². The third-order valence-electron chi connectivity index (χ3n) is 5.72. The third kappa shape index (κ3) is 2.50.